The minimum absolute atomic E-state index is 0.146. The fourth-order valence-electron chi connectivity index (χ4n) is 1.88. The molecule has 0 radical (unpaired) electrons. The third-order valence-electron chi connectivity index (χ3n) is 3.52. The van der Waals surface area contributed by atoms with Crippen LogP contribution in [0.1, 0.15) is 32.8 Å². The van der Waals surface area contributed by atoms with Crippen molar-refractivity contribution < 1.29 is 5.11 Å². The van der Waals surface area contributed by atoms with Gasteiger partial charge in [-0.3, -0.25) is 0 Å². The highest BCUT2D eigenvalue weighted by Crippen LogP contribution is 2.37. The van der Waals surface area contributed by atoms with Crippen LogP contribution in [-0.2, 0) is 5.41 Å². The Bertz CT molecular complexity index is 342. The van der Waals surface area contributed by atoms with Gasteiger partial charge < -0.3 is 10.8 Å². The van der Waals surface area contributed by atoms with Gasteiger partial charge in [0.25, 0.3) is 0 Å². The molecule has 3 N–H and O–H groups in total. The normalized spacial score (nSPS) is 15.9. The molecular weight excluding hydrogens is 266 g/mol. The molecule has 1 aromatic rings. The molecule has 1 unspecified atom stereocenters. The van der Waals surface area contributed by atoms with E-state index in [1.165, 1.54) is 0 Å². The third-order valence-corrected chi connectivity index (χ3v) is 4.04. The van der Waals surface area contributed by atoms with E-state index in [9.17, 15) is 5.11 Å². The highest BCUT2D eigenvalue weighted by Gasteiger charge is 2.38. The first kappa shape index (κ1) is 13.7. The third kappa shape index (κ3) is 2.65. The van der Waals surface area contributed by atoms with E-state index in [1.807, 2.05) is 26.0 Å². The van der Waals surface area contributed by atoms with E-state index in [4.69, 9.17) is 5.73 Å². The lowest BCUT2D eigenvalue weighted by Gasteiger charge is -2.42. The summed E-state index contributed by atoms with van der Waals surface area (Å²) >= 11 is 3.42. The molecule has 0 spiro atoms. The first-order valence-electron chi connectivity index (χ1n) is 5.47. The molecule has 1 aromatic carbocycles. The molecule has 0 bridgehead atoms. The van der Waals surface area contributed by atoms with Crippen LogP contribution in [0.3, 0.4) is 0 Å². The minimum atomic E-state index is -0.371. The van der Waals surface area contributed by atoms with Crippen LogP contribution >= 0.6 is 15.9 Å². The summed E-state index contributed by atoms with van der Waals surface area (Å²) in [5.74, 6) is 0. The Morgan fingerprint density at radius 1 is 1.19 bits per heavy atom. The second-order valence-electron chi connectivity index (χ2n) is 5.03. The maximum absolute atomic E-state index is 9.22. The van der Waals surface area contributed by atoms with Crippen LogP contribution in [0.25, 0.3) is 0 Å². The van der Waals surface area contributed by atoms with Gasteiger partial charge in [-0.1, -0.05) is 35.0 Å². The van der Waals surface area contributed by atoms with Crippen LogP contribution in [0.2, 0.25) is 0 Å². The summed E-state index contributed by atoms with van der Waals surface area (Å²) in [5.41, 5.74) is 6.82. The molecule has 1 rings (SSSR count). The van der Waals surface area contributed by atoms with Gasteiger partial charge in [0, 0.05) is 22.0 Å². The smallest absolute Gasteiger partial charge is 0.0440 e. The van der Waals surface area contributed by atoms with Gasteiger partial charge in [-0.2, -0.15) is 0 Å². The Balaban J connectivity index is 3.16. The Labute approximate surface area is 106 Å². The molecule has 2 nitrogen and oxygen atoms in total. The van der Waals surface area contributed by atoms with Crippen LogP contribution in [0.4, 0.5) is 0 Å². The van der Waals surface area contributed by atoms with Gasteiger partial charge in [0.1, 0.15) is 0 Å². The molecule has 0 aliphatic rings. The molecule has 0 aliphatic carbocycles. The van der Waals surface area contributed by atoms with Gasteiger partial charge in [0.2, 0.25) is 0 Å². The molecule has 0 fully saturated rings. The second-order valence-corrected chi connectivity index (χ2v) is 5.95. The number of hydrogen-bond donors (Lipinski definition) is 2. The van der Waals surface area contributed by atoms with Crippen LogP contribution in [0.15, 0.2) is 28.7 Å². The van der Waals surface area contributed by atoms with Crippen molar-refractivity contribution in [2.45, 2.75) is 38.1 Å². The monoisotopic (exact) mass is 285 g/mol. The van der Waals surface area contributed by atoms with Gasteiger partial charge in [0.05, 0.1) is 0 Å². The van der Waals surface area contributed by atoms with Crippen molar-refractivity contribution in [2.24, 2.45) is 5.73 Å². The average Bonchev–Trinajstić information content (AvgIpc) is 2.17. The molecule has 0 amide bonds. The van der Waals surface area contributed by atoms with Crippen molar-refractivity contribution in [3.8, 4) is 0 Å². The van der Waals surface area contributed by atoms with E-state index >= 15 is 0 Å². The van der Waals surface area contributed by atoms with Crippen molar-refractivity contribution in [1.29, 1.82) is 0 Å². The first-order valence-corrected chi connectivity index (χ1v) is 6.26. The molecule has 3 heteroatoms. The van der Waals surface area contributed by atoms with Crippen LogP contribution < -0.4 is 5.73 Å². The molecule has 90 valence electrons. The molecule has 1 atom stereocenters. The number of aliphatic hydroxyl groups is 1. The van der Waals surface area contributed by atoms with E-state index < -0.39 is 0 Å². The van der Waals surface area contributed by atoms with Crippen LogP contribution in [0.5, 0.6) is 0 Å². The maximum Gasteiger partial charge on any atom is 0.0440 e. The summed E-state index contributed by atoms with van der Waals surface area (Å²) in [6.07, 6.45) is 0.665. The van der Waals surface area contributed by atoms with Gasteiger partial charge in [0.15, 0.2) is 0 Å². The topological polar surface area (TPSA) is 46.2 Å². The van der Waals surface area contributed by atoms with Gasteiger partial charge >= 0.3 is 0 Å². The number of nitrogens with two attached hydrogens (primary N) is 1. The molecule has 0 saturated carbocycles. The minimum Gasteiger partial charge on any atom is -0.396 e. The van der Waals surface area contributed by atoms with Crippen molar-refractivity contribution in [3.63, 3.8) is 0 Å². The van der Waals surface area contributed by atoms with Crippen LogP contribution in [-0.4, -0.2) is 17.3 Å². The van der Waals surface area contributed by atoms with Crippen molar-refractivity contribution >= 4 is 15.9 Å². The zero-order valence-corrected chi connectivity index (χ0v) is 11.7. The molecule has 0 heterocycles. The van der Waals surface area contributed by atoms with Crippen molar-refractivity contribution in [2.75, 3.05) is 6.61 Å². The molecule has 0 aromatic heterocycles. The van der Waals surface area contributed by atoms with E-state index in [1.54, 1.807) is 0 Å². The van der Waals surface area contributed by atoms with E-state index in [2.05, 4.69) is 35.0 Å². The van der Waals surface area contributed by atoms with Crippen LogP contribution in [0, 0.1) is 0 Å². The summed E-state index contributed by atoms with van der Waals surface area (Å²) in [6.45, 7) is 6.26. The van der Waals surface area contributed by atoms with Crippen molar-refractivity contribution in [1.82, 2.24) is 0 Å². The lowest BCUT2D eigenvalue weighted by molar-refractivity contribution is 0.190. The SMILES string of the molecule is CC(C)(N)C(C)(CCO)c1ccc(Br)cc1. The van der Waals surface area contributed by atoms with E-state index in [-0.39, 0.29) is 17.6 Å². The standard InChI is InChI=1S/C13H20BrNO/c1-12(2,15)13(3,8-9-16)10-4-6-11(14)7-5-10/h4-7,16H,8-9,15H2,1-3H3. The lowest BCUT2D eigenvalue weighted by atomic mass is 9.67. The number of benzene rings is 1. The summed E-state index contributed by atoms with van der Waals surface area (Å²) < 4.78 is 1.05. The number of rotatable bonds is 4. The molecule has 0 saturated heterocycles. The summed E-state index contributed by atoms with van der Waals surface area (Å²) in [4.78, 5) is 0. The fraction of sp³-hybridized carbons (Fsp3) is 0.538. The largest absolute Gasteiger partial charge is 0.396 e. The fourth-order valence-corrected chi connectivity index (χ4v) is 2.14. The first-order chi connectivity index (χ1) is 7.31. The van der Waals surface area contributed by atoms with Crippen molar-refractivity contribution in [3.05, 3.63) is 34.3 Å². The predicted molar refractivity (Wildman–Crippen MR) is 71.5 cm³/mol. The van der Waals surface area contributed by atoms with Gasteiger partial charge in [-0.25, -0.2) is 0 Å². The van der Waals surface area contributed by atoms with E-state index in [0.29, 0.717) is 6.42 Å². The molecule has 0 aliphatic heterocycles. The molecular formula is C13H20BrNO. The highest BCUT2D eigenvalue weighted by molar-refractivity contribution is 9.10. The Morgan fingerprint density at radius 2 is 1.69 bits per heavy atom. The lowest BCUT2D eigenvalue weighted by Crippen LogP contribution is -2.52. The molecule has 16 heavy (non-hydrogen) atoms. The average molecular weight is 286 g/mol. The predicted octanol–water partition coefficient (Wildman–Crippen LogP) is 2.83. The Kier molecular flexibility index (Phi) is 4.16. The van der Waals surface area contributed by atoms with Gasteiger partial charge in [-0.15, -0.1) is 0 Å². The zero-order valence-electron chi connectivity index (χ0n) is 10.1. The maximum atomic E-state index is 9.22. The second kappa shape index (κ2) is 4.86. The van der Waals surface area contributed by atoms with Gasteiger partial charge in [-0.05, 0) is 38.0 Å². The highest BCUT2D eigenvalue weighted by atomic mass is 79.9. The Morgan fingerprint density at radius 3 is 2.06 bits per heavy atom. The summed E-state index contributed by atoms with van der Waals surface area (Å²) in [7, 11) is 0. The Hall–Kier alpha value is -0.380. The number of aliphatic hydroxyl groups excluding tert-OH is 1. The number of hydrogen-bond acceptors (Lipinski definition) is 2. The zero-order chi connectivity index (χ0) is 12.4. The summed E-state index contributed by atoms with van der Waals surface area (Å²) in [6, 6.07) is 8.15. The van der Waals surface area contributed by atoms with E-state index in [0.717, 1.165) is 10.0 Å². The number of halogens is 1. The quantitative estimate of drug-likeness (QED) is 0.894. The summed E-state index contributed by atoms with van der Waals surface area (Å²) in [5, 5.41) is 9.22.